The summed E-state index contributed by atoms with van der Waals surface area (Å²) in [5, 5.41) is 7.32. The third-order valence-electron chi connectivity index (χ3n) is 1.33. The van der Waals surface area contributed by atoms with E-state index in [-0.39, 0.29) is 6.04 Å². The lowest BCUT2D eigenvalue weighted by molar-refractivity contribution is 0.818. The number of hydrogen-bond donors (Lipinski definition) is 1. The molecule has 0 aliphatic rings. The second-order valence-electron chi connectivity index (χ2n) is 2.42. The molecule has 1 atom stereocenters. The summed E-state index contributed by atoms with van der Waals surface area (Å²) in [6.07, 6.45) is 0. The van der Waals surface area contributed by atoms with E-state index in [2.05, 4.69) is 0 Å². The zero-order valence-electron chi connectivity index (χ0n) is 7.49. The van der Waals surface area contributed by atoms with Gasteiger partial charge in [0.2, 0.25) is 0 Å². The van der Waals surface area contributed by atoms with Crippen LogP contribution < -0.4 is 5.73 Å². The van der Waals surface area contributed by atoms with Gasteiger partial charge in [0.15, 0.2) is 0 Å². The van der Waals surface area contributed by atoms with E-state index in [9.17, 15) is 0 Å². The number of benzene rings is 1. The summed E-state index contributed by atoms with van der Waals surface area (Å²) >= 11 is 0. The van der Waals surface area contributed by atoms with E-state index in [1.54, 1.807) is 6.07 Å². The van der Waals surface area contributed by atoms with E-state index < -0.39 is 0 Å². The maximum Gasteiger partial charge on any atom is 0.0587 e. The van der Waals surface area contributed by atoms with Gasteiger partial charge in [-0.2, -0.15) is 5.26 Å². The normalized spacial score (nSPS) is 10.5. The van der Waals surface area contributed by atoms with Crippen LogP contribution in [0, 0.1) is 11.3 Å². The molecule has 0 aromatic heterocycles. The molecule has 12 heavy (non-hydrogen) atoms. The smallest absolute Gasteiger partial charge is 0.0587 e. The first-order valence-electron chi connectivity index (χ1n) is 3.83. The molecule has 0 aliphatic heterocycles. The fourth-order valence-electron chi connectivity index (χ4n) is 0.757. The van der Waals surface area contributed by atoms with Gasteiger partial charge in [-0.05, 0) is 12.5 Å². The van der Waals surface area contributed by atoms with Crippen molar-refractivity contribution in [2.24, 2.45) is 5.73 Å². The molecule has 1 rings (SSSR count). The van der Waals surface area contributed by atoms with E-state index in [0.29, 0.717) is 0 Å². The molecule has 0 fully saturated rings. The zero-order chi connectivity index (χ0) is 9.40. The van der Waals surface area contributed by atoms with E-state index in [0.717, 1.165) is 0 Å². The fourth-order valence-corrected chi connectivity index (χ4v) is 0.757. The van der Waals surface area contributed by atoms with Gasteiger partial charge in [-0.25, -0.2) is 0 Å². The second kappa shape index (κ2) is 6.38. The number of hydrogen-bond acceptors (Lipinski definition) is 2. The first-order chi connectivity index (χ1) is 5.72. The van der Waals surface area contributed by atoms with Crippen molar-refractivity contribution in [3.05, 3.63) is 35.9 Å². The molecule has 1 aromatic carbocycles. The first kappa shape index (κ1) is 10.7. The standard InChI is InChI=1S/C8H11N.C2H3N/c1-7(9)8-5-3-2-4-6-8;1-2-3/h2-7H,9H2,1H3;1H3/t7-;/m1./s1. The highest BCUT2D eigenvalue weighted by Crippen LogP contribution is 2.06. The molecule has 64 valence electrons. The van der Waals surface area contributed by atoms with Crippen LogP contribution in [0.4, 0.5) is 0 Å². The lowest BCUT2D eigenvalue weighted by Crippen LogP contribution is -2.03. The lowest BCUT2D eigenvalue weighted by Gasteiger charge is -2.02. The molecule has 2 N–H and O–H groups in total. The van der Waals surface area contributed by atoms with Gasteiger partial charge >= 0.3 is 0 Å². The third kappa shape index (κ3) is 4.48. The molecule has 0 aliphatic carbocycles. The summed E-state index contributed by atoms with van der Waals surface area (Å²) in [6.45, 7) is 3.41. The molecule has 0 unspecified atom stereocenters. The number of nitriles is 1. The Kier molecular flexibility index (Phi) is 5.68. The van der Waals surface area contributed by atoms with Crippen molar-refractivity contribution in [3.8, 4) is 6.07 Å². The number of nitrogens with two attached hydrogens (primary N) is 1. The van der Waals surface area contributed by atoms with Gasteiger partial charge in [-0.15, -0.1) is 0 Å². The Hall–Kier alpha value is -1.33. The monoisotopic (exact) mass is 162 g/mol. The Bertz CT molecular complexity index is 234. The summed E-state index contributed by atoms with van der Waals surface area (Å²) in [7, 11) is 0. The Morgan fingerprint density at radius 2 is 1.75 bits per heavy atom. The molecule has 0 radical (unpaired) electrons. The van der Waals surface area contributed by atoms with Crippen LogP contribution >= 0.6 is 0 Å². The van der Waals surface area contributed by atoms with Crippen molar-refractivity contribution in [1.29, 1.82) is 5.26 Å². The molecule has 0 bridgehead atoms. The maximum atomic E-state index is 7.32. The Balaban J connectivity index is 0.000000354. The molecule has 0 saturated heterocycles. The quantitative estimate of drug-likeness (QED) is 0.688. The van der Waals surface area contributed by atoms with E-state index in [4.69, 9.17) is 11.0 Å². The van der Waals surface area contributed by atoms with Crippen LogP contribution in [0.1, 0.15) is 25.5 Å². The predicted octanol–water partition coefficient (Wildman–Crippen LogP) is 2.24. The van der Waals surface area contributed by atoms with Gasteiger partial charge < -0.3 is 5.73 Å². The van der Waals surface area contributed by atoms with E-state index >= 15 is 0 Å². The van der Waals surface area contributed by atoms with Gasteiger partial charge in [-0.3, -0.25) is 0 Å². The third-order valence-corrected chi connectivity index (χ3v) is 1.33. The largest absolute Gasteiger partial charge is 0.324 e. The molecular weight excluding hydrogens is 148 g/mol. The first-order valence-corrected chi connectivity index (χ1v) is 3.83. The van der Waals surface area contributed by atoms with Crippen LogP contribution in [0.3, 0.4) is 0 Å². The van der Waals surface area contributed by atoms with E-state index in [1.807, 2.05) is 37.3 Å². The Morgan fingerprint density at radius 3 is 2.00 bits per heavy atom. The SMILES string of the molecule is CC#N.C[C@@H](N)c1ccccc1. The van der Waals surface area contributed by atoms with Crippen LogP contribution in [0.2, 0.25) is 0 Å². The predicted molar refractivity (Wildman–Crippen MR) is 50.3 cm³/mol. The molecule has 2 nitrogen and oxygen atoms in total. The lowest BCUT2D eigenvalue weighted by atomic mass is 10.1. The van der Waals surface area contributed by atoms with E-state index in [1.165, 1.54) is 12.5 Å². The maximum absolute atomic E-state index is 7.32. The average Bonchev–Trinajstić information content (AvgIpc) is 2.07. The van der Waals surface area contributed by atoms with Gasteiger partial charge in [0, 0.05) is 13.0 Å². The van der Waals surface area contributed by atoms with Crippen LogP contribution in [0.25, 0.3) is 0 Å². The molecule has 0 spiro atoms. The number of rotatable bonds is 1. The van der Waals surface area contributed by atoms with Gasteiger partial charge in [-0.1, -0.05) is 30.3 Å². The van der Waals surface area contributed by atoms with Crippen molar-refractivity contribution in [2.75, 3.05) is 0 Å². The van der Waals surface area contributed by atoms with Crippen molar-refractivity contribution in [1.82, 2.24) is 0 Å². The van der Waals surface area contributed by atoms with Crippen molar-refractivity contribution in [3.63, 3.8) is 0 Å². The highest BCUT2D eigenvalue weighted by atomic mass is 14.6. The highest BCUT2D eigenvalue weighted by molar-refractivity contribution is 5.17. The van der Waals surface area contributed by atoms with Crippen molar-refractivity contribution >= 4 is 0 Å². The average molecular weight is 162 g/mol. The number of nitrogens with zero attached hydrogens (tertiary/aromatic N) is 1. The minimum Gasteiger partial charge on any atom is -0.324 e. The second-order valence-corrected chi connectivity index (χ2v) is 2.42. The Morgan fingerprint density at radius 1 is 1.33 bits per heavy atom. The van der Waals surface area contributed by atoms with Crippen LogP contribution in [0.5, 0.6) is 0 Å². The molecule has 0 heterocycles. The van der Waals surface area contributed by atoms with Crippen LogP contribution in [-0.4, -0.2) is 0 Å². The topological polar surface area (TPSA) is 49.8 Å². The minimum atomic E-state index is 0.159. The molecule has 0 saturated carbocycles. The summed E-state index contributed by atoms with van der Waals surface area (Å²) in [6, 6.07) is 12.0. The highest BCUT2D eigenvalue weighted by Gasteiger charge is 1.93. The molecule has 2 heteroatoms. The van der Waals surface area contributed by atoms with Crippen LogP contribution in [-0.2, 0) is 0 Å². The fraction of sp³-hybridized carbons (Fsp3) is 0.300. The van der Waals surface area contributed by atoms with Crippen molar-refractivity contribution in [2.45, 2.75) is 19.9 Å². The summed E-state index contributed by atoms with van der Waals surface area (Å²) in [5.74, 6) is 0. The van der Waals surface area contributed by atoms with Gasteiger partial charge in [0.05, 0.1) is 6.07 Å². The Labute approximate surface area is 73.6 Å². The van der Waals surface area contributed by atoms with Crippen molar-refractivity contribution < 1.29 is 0 Å². The van der Waals surface area contributed by atoms with Gasteiger partial charge in [0.1, 0.15) is 0 Å². The molecule has 0 amide bonds. The van der Waals surface area contributed by atoms with Crippen LogP contribution in [0.15, 0.2) is 30.3 Å². The zero-order valence-corrected chi connectivity index (χ0v) is 7.49. The van der Waals surface area contributed by atoms with Gasteiger partial charge in [0.25, 0.3) is 0 Å². The summed E-state index contributed by atoms with van der Waals surface area (Å²) in [4.78, 5) is 0. The summed E-state index contributed by atoms with van der Waals surface area (Å²) < 4.78 is 0. The minimum absolute atomic E-state index is 0.159. The molecular formula is C10H14N2. The summed E-state index contributed by atoms with van der Waals surface area (Å²) in [5.41, 5.74) is 6.81. The molecule has 1 aromatic rings.